The summed E-state index contributed by atoms with van der Waals surface area (Å²) in [5, 5.41) is 26.6. The number of hydrogen-bond donors (Lipinski definition) is 4. The lowest BCUT2D eigenvalue weighted by atomic mass is 9.99. The second kappa shape index (κ2) is 9.03. The number of pyridine rings is 1. The highest BCUT2D eigenvalue weighted by molar-refractivity contribution is 6.00. The van der Waals surface area contributed by atoms with E-state index in [9.17, 15) is 19.5 Å². The Labute approximate surface area is 188 Å². The number of nitrogens with one attached hydrogen (secondary N) is 2. The standard InChI is InChI=1S/C23H23N5O5/c1-27-12-15(10-25-27)16-9-17-18(26-22(16)32)13-28(11-14-5-3-2-4-6-14)20(21(17)31)23(33)24-8-7-19(29)30/h2-6,9-10,12,31H,7-8,11,13H2,1H3,(H,24,33)(H,26,32)(H,29,30). The Hall–Kier alpha value is -4.34. The van der Waals surface area contributed by atoms with Crippen molar-refractivity contribution in [3.8, 4) is 11.1 Å². The van der Waals surface area contributed by atoms with Gasteiger partial charge in [0.15, 0.2) is 5.76 Å². The van der Waals surface area contributed by atoms with E-state index < -0.39 is 11.9 Å². The van der Waals surface area contributed by atoms with Crippen molar-refractivity contribution in [3.63, 3.8) is 0 Å². The molecule has 0 bridgehead atoms. The Bertz CT molecular complexity index is 1290. The van der Waals surface area contributed by atoms with Crippen molar-refractivity contribution in [2.75, 3.05) is 6.54 Å². The summed E-state index contributed by atoms with van der Waals surface area (Å²) in [5.74, 6) is -1.92. The molecule has 2 aromatic heterocycles. The van der Waals surface area contributed by atoms with Gasteiger partial charge in [0.25, 0.3) is 11.5 Å². The fourth-order valence-electron chi connectivity index (χ4n) is 3.78. The second-order valence-electron chi connectivity index (χ2n) is 7.75. The summed E-state index contributed by atoms with van der Waals surface area (Å²) in [7, 11) is 1.73. The van der Waals surface area contributed by atoms with E-state index in [1.165, 1.54) is 0 Å². The van der Waals surface area contributed by atoms with Crippen molar-refractivity contribution in [3.05, 3.63) is 81.7 Å². The van der Waals surface area contributed by atoms with E-state index in [-0.39, 0.29) is 36.5 Å². The van der Waals surface area contributed by atoms with E-state index in [0.29, 0.717) is 28.9 Å². The minimum absolute atomic E-state index is 0.0147. The van der Waals surface area contributed by atoms with E-state index in [1.54, 1.807) is 35.1 Å². The molecule has 0 fully saturated rings. The molecular weight excluding hydrogens is 426 g/mol. The zero-order valence-electron chi connectivity index (χ0n) is 17.9. The third-order valence-corrected chi connectivity index (χ3v) is 5.34. The number of amides is 1. The lowest BCUT2D eigenvalue weighted by Crippen LogP contribution is -2.39. The molecule has 1 aromatic carbocycles. The van der Waals surface area contributed by atoms with Crippen molar-refractivity contribution in [1.82, 2.24) is 25.0 Å². The van der Waals surface area contributed by atoms with Crippen molar-refractivity contribution >= 4 is 17.6 Å². The minimum Gasteiger partial charge on any atom is -0.505 e. The first-order valence-electron chi connectivity index (χ1n) is 10.3. The lowest BCUT2D eigenvalue weighted by molar-refractivity contribution is -0.136. The molecule has 0 spiro atoms. The molecule has 0 unspecified atom stereocenters. The van der Waals surface area contributed by atoms with Crippen LogP contribution in [-0.2, 0) is 29.7 Å². The van der Waals surface area contributed by atoms with Gasteiger partial charge in [-0.15, -0.1) is 0 Å². The van der Waals surface area contributed by atoms with Crippen LogP contribution in [0, 0.1) is 0 Å². The van der Waals surface area contributed by atoms with Crippen LogP contribution in [0.5, 0.6) is 0 Å². The van der Waals surface area contributed by atoms with Gasteiger partial charge in [0.05, 0.1) is 24.7 Å². The molecule has 170 valence electrons. The molecule has 0 radical (unpaired) electrons. The van der Waals surface area contributed by atoms with Crippen LogP contribution in [0.1, 0.15) is 23.2 Å². The summed E-state index contributed by atoms with van der Waals surface area (Å²) in [5.41, 5.74) is 2.29. The van der Waals surface area contributed by atoms with Crippen LogP contribution in [0.4, 0.5) is 0 Å². The number of fused-ring (bicyclic) bond motifs is 1. The molecule has 10 heteroatoms. The van der Waals surface area contributed by atoms with Gasteiger partial charge in [-0.3, -0.25) is 19.1 Å². The van der Waals surface area contributed by atoms with Gasteiger partial charge >= 0.3 is 5.97 Å². The summed E-state index contributed by atoms with van der Waals surface area (Å²) in [6.45, 7) is 0.403. The van der Waals surface area contributed by atoms with Gasteiger partial charge in [-0.05, 0) is 11.6 Å². The number of carbonyl (C=O) groups is 2. The van der Waals surface area contributed by atoms with Gasteiger partial charge < -0.3 is 25.4 Å². The smallest absolute Gasteiger partial charge is 0.305 e. The molecule has 3 heterocycles. The van der Waals surface area contributed by atoms with Crippen molar-refractivity contribution < 1.29 is 19.8 Å². The SMILES string of the molecule is Cn1cc(-c2cc3c([nH]c2=O)CN(Cc2ccccc2)C(C(=O)NCCC(=O)O)=C3O)cn1. The van der Waals surface area contributed by atoms with Crippen LogP contribution in [0.3, 0.4) is 0 Å². The van der Waals surface area contributed by atoms with Gasteiger partial charge in [-0.1, -0.05) is 30.3 Å². The largest absolute Gasteiger partial charge is 0.505 e. The first-order valence-corrected chi connectivity index (χ1v) is 10.3. The molecule has 1 amide bonds. The highest BCUT2D eigenvalue weighted by atomic mass is 16.4. The zero-order valence-corrected chi connectivity index (χ0v) is 17.9. The molecule has 3 aromatic rings. The number of aliphatic hydroxyl groups is 1. The number of aliphatic hydroxyl groups excluding tert-OH is 1. The molecule has 0 saturated heterocycles. The molecule has 10 nitrogen and oxygen atoms in total. The van der Waals surface area contributed by atoms with E-state index >= 15 is 0 Å². The van der Waals surface area contributed by atoms with Crippen molar-refractivity contribution in [1.29, 1.82) is 0 Å². The third kappa shape index (κ3) is 4.64. The number of aryl methyl sites for hydroxylation is 1. The molecular formula is C23H23N5O5. The molecule has 0 saturated carbocycles. The van der Waals surface area contributed by atoms with Crippen molar-refractivity contribution in [2.45, 2.75) is 19.5 Å². The van der Waals surface area contributed by atoms with Crippen LogP contribution >= 0.6 is 0 Å². The summed E-state index contributed by atoms with van der Waals surface area (Å²) >= 11 is 0. The Morgan fingerprint density at radius 3 is 2.64 bits per heavy atom. The maximum atomic E-state index is 13.0. The number of benzene rings is 1. The molecule has 4 rings (SSSR count). The van der Waals surface area contributed by atoms with Gasteiger partial charge in [0, 0.05) is 43.2 Å². The number of hydrogen-bond acceptors (Lipinski definition) is 6. The number of carboxylic acids is 1. The van der Waals surface area contributed by atoms with Gasteiger partial charge in [0.1, 0.15) is 5.70 Å². The number of aliphatic carboxylic acids is 1. The summed E-state index contributed by atoms with van der Waals surface area (Å²) in [4.78, 5) is 41.0. The summed E-state index contributed by atoms with van der Waals surface area (Å²) in [6.07, 6.45) is 2.98. The number of aromatic nitrogens is 3. The molecule has 1 aliphatic heterocycles. The molecule has 0 aliphatic carbocycles. The highest BCUT2D eigenvalue weighted by Gasteiger charge is 2.31. The van der Waals surface area contributed by atoms with Crippen LogP contribution in [0.15, 0.2) is 59.3 Å². The predicted molar refractivity (Wildman–Crippen MR) is 120 cm³/mol. The van der Waals surface area contributed by atoms with Gasteiger partial charge in [-0.2, -0.15) is 5.10 Å². The normalized spacial score (nSPS) is 13.1. The van der Waals surface area contributed by atoms with Crippen molar-refractivity contribution in [2.24, 2.45) is 7.05 Å². The van der Waals surface area contributed by atoms with Crippen LogP contribution in [-0.4, -0.2) is 48.3 Å². The number of aromatic amines is 1. The zero-order chi connectivity index (χ0) is 23.5. The molecule has 4 N–H and O–H groups in total. The quantitative estimate of drug-likeness (QED) is 0.429. The monoisotopic (exact) mass is 449 g/mol. The third-order valence-electron chi connectivity index (χ3n) is 5.34. The number of rotatable bonds is 7. The Kier molecular flexibility index (Phi) is 5.99. The number of H-pyrrole nitrogens is 1. The molecule has 33 heavy (non-hydrogen) atoms. The van der Waals surface area contributed by atoms with Gasteiger partial charge in [0.2, 0.25) is 0 Å². The van der Waals surface area contributed by atoms with E-state index in [1.807, 2.05) is 30.3 Å². The average Bonchev–Trinajstić information content (AvgIpc) is 3.20. The molecule has 0 atom stereocenters. The summed E-state index contributed by atoms with van der Waals surface area (Å²) < 4.78 is 1.56. The van der Waals surface area contributed by atoms with Crippen LogP contribution < -0.4 is 10.9 Å². The fraction of sp³-hybridized carbons (Fsp3) is 0.217. The van der Waals surface area contributed by atoms with E-state index in [4.69, 9.17) is 5.11 Å². The average molecular weight is 449 g/mol. The van der Waals surface area contributed by atoms with Crippen LogP contribution in [0.25, 0.3) is 16.9 Å². The first kappa shape index (κ1) is 21.9. The summed E-state index contributed by atoms with van der Waals surface area (Å²) in [6, 6.07) is 10.9. The first-order chi connectivity index (χ1) is 15.8. The van der Waals surface area contributed by atoms with E-state index in [2.05, 4.69) is 15.4 Å². The Morgan fingerprint density at radius 1 is 1.21 bits per heavy atom. The van der Waals surface area contributed by atoms with E-state index in [0.717, 1.165) is 5.56 Å². The Balaban J connectivity index is 1.76. The highest BCUT2D eigenvalue weighted by Crippen LogP contribution is 2.32. The van der Waals surface area contributed by atoms with Crippen LogP contribution in [0.2, 0.25) is 0 Å². The minimum atomic E-state index is -1.04. The predicted octanol–water partition coefficient (Wildman–Crippen LogP) is 1.61. The maximum absolute atomic E-state index is 13.0. The topological polar surface area (TPSA) is 141 Å². The Morgan fingerprint density at radius 2 is 1.97 bits per heavy atom. The molecule has 1 aliphatic rings. The fourth-order valence-corrected chi connectivity index (χ4v) is 3.78. The second-order valence-corrected chi connectivity index (χ2v) is 7.75. The number of nitrogens with zero attached hydrogens (tertiary/aromatic N) is 3. The number of carbonyl (C=O) groups excluding carboxylic acids is 1. The number of carboxylic acid groups (broad SMARTS) is 1. The maximum Gasteiger partial charge on any atom is 0.305 e. The van der Waals surface area contributed by atoms with Gasteiger partial charge in [-0.25, -0.2) is 0 Å². The lowest BCUT2D eigenvalue weighted by Gasteiger charge is -2.32.